The first-order valence-electron chi connectivity index (χ1n) is 10.1. The molecule has 1 aromatic carbocycles. The molecule has 1 unspecified atom stereocenters. The van der Waals surface area contributed by atoms with Gasteiger partial charge in [-0.05, 0) is 38.3 Å². The van der Waals surface area contributed by atoms with E-state index in [0.29, 0.717) is 11.6 Å². The second kappa shape index (κ2) is 8.03. The van der Waals surface area contributed by atoms with Crippen LogP contribution in [0, 0.1) is 12.8 Å². The molecule has 0 spiro atoms. The first-order valence-corrected chi connectivity index (χ1v) is 10.5. The van der Waals surface area contributed by atoms with Crippen LogP contribution in [0.15, 0.2) is 30.3 Å². The number of nitrogens with zero attached hydrogens (tertiary/aromatic N) is 4. The van der Waals surface area contributed by atoms with Crippen LogP contribution in [0.1, 0.15) is 37.4 Å². The van der Waals surface area contributed by atoms with Crippen molar-refractivity contribution in [3.63, 3.8) is 0 Å². The molecule has 0 bridgehead atoms. The van der Waals surface area contributed by atoms with Gasteiger partial charge in [0.1, 0.15) is 5.82 Å². The molecule has 3 aromatic rings. The molecule has 4 rings (SSSR count). The minimum Gasteiger partial charge on any atom is -0.481 e. The van der Waals surface area contributed by atoms with Gasteiger partial charge in [0.2, 0.25) is 0 Å². The smallest absolute Gasteiger partial charge is 0.308 e. The van der Waals surface area contributed by atoms with Gasteiger partial charge >= 0.3 is 5.97 Å². The van der Waals surface area contributed by atoms with Gasteiger partial charge in [-0.2, -0.15) is 9.61 Å². The molecule has 0 amide bonds. The molecule has 6 nitrogen and oxygen atoms in total. The summed E-state index contributed by atoms with van der Waals surface area (Å²) in [4.78, 5) is 18.6. The van der Waals surface area contributed by atoms with Crippen LogP contribution in [-0.2, 0) is 11.2 Å². The summed E-state index contributed by atoms with van der Waals surface area (Å²) in [5.74, 6) is -0.0929. The Kier molecular flexibility index (Phi) is 5.46. The quantitative estimate of drug-likeness (QED) is 0.662. The molecule has 1 atom stereocenters. The van der Waals surface area contributed by atoms with Gasteiger partial charge in [0, 0.05) is 41.0 Å². The van der Waals surface area contributed by atoms with Gasteiger partial charge in [0.25, 0.3) is 0 Å². The lowest BCUT2D eigenvalue weighted by Gasteiger charge is -2.34. The molecule has 1 aliphatic heterocycles. The van der Waals surface area contributed by atoms with Crippen molar-refractivity contribution in [2.75, 3.05) is 18.0 Å². The molecule has 29 heavy (non-hydrogen) atoms. The van der Waals surface area contributed by atoms with Crippen LogP contribution in [0.5, 0.6) is 0 Å². The average molecular weight is 413 g/mol. The number of benzene rings is 1. The lowest BCUT2D eigenvalue weighted by atomic mass is 9.97. The van der Waals surface area contributed by atoms with E-state index in [9.17, 15) is 9.90 Å². The fourth-order valence-electron chi connectivity index (χ4n) is 4.14. The topological polar surface area (TPSA) is 70.7 Å². The van der Waals surface area contributed by atoms with E-state index >= 15 is 0 Å². The summed E-state index contributed by atoms with van der Waals surface area (Å²) in [6, 6.07) is 9.58. The Morgan fingerprint density at radius 2 is 2.07 bits per heavy atom. The Labute approximate surface area is 175 Å². The van der Waals surface area contributed by atoms with Gasteiger partial charge in [0.15, 0.2) is 5.65 Å². The highest BCUT2D eigenvalue weighted by Gasteiger charge is 2.29. The standard InChI is InChI=1S/C22H25ClN4O2/c1-3-5-18-14(2)24-20-12-19(15-7-9-17(23)10-8-15)25-27(20)21(18)26-11-4-6-16(13-26)22(28)29/h7-10,12,16H,3-6,11,13H2,1-2H3,(H,28,29). The van der Waals surface area contributed by atoms with Crippen molar-refractivity contribution in [1.82, 2.24) is 14.6 Å². The molecule has 7 heteroatoms. The largest absolute Gasteiger partial charge is 0.481 e. The molecule has 2 aromatic heterocycles. The van der Waals surface area contributed by atoms with Gasteiger partial charge in [0.05, 0.1) is 11.6 Å². The molecular weight excluding hydrogens is 388 g/mol. The summed E-state index contributed by atoms with van der Waals surface area (Å²) >= 11 is 6.03. The van der Waals surface area contributed by atoms with Crippen LogP contribution in [0.25, 0.3) is 16.9 Å². The number of hydrogen-bond donors (Lipinski definition) is 1. The number of aryl methyl sites for hydroxylation is 1. The predicted molar refractivity (Wildman–Crippen MR) is 115 cm³/mol. The van der Waals surface area contributed by atoms with Crippen molar-refractivity contribution in [3.8, 4) is 11.3 Å². The molecule has 3 heterocycles. The molecule has 1 aliphatic rings. The van der Waals surface area contributed by atoms with Crippen LogP contribution in [0.2, 0.25) is 5.02 Å². The van der Waals surface area contributed by atoms with E-state index in [1.165, 1.54) is 0 Å². The van der Waals surface area contributed by atoms with E-state index in [-0.39, 0.29) is 5.92 Å². The van der Waals surface area contributed by atoms with Crippen LogP contribution >= 0.6 is 11.6 Å². The molecule has 1 N–H and O–H groups in total. The van der Waals surface area contributed by atoms with E-state index in [1.807, 2.05) is 41.8 Å². The van der Waals surface area contributed by atoms with Gasteiger partial charge in [-0.3, -0.25) is 4.79 Å². The maximum absolute atomic E-state index is 11.6. The number of rotatable bonds is 5. The number of anilines is 1. The van der Waals surface area contributed by atoms with Crippen molar-refractivity contribution in [1.29, 1.82) is 0 Å². The van der Waals surface area contributed by atoms with E-state index < -0.39 is 5.97 Å². The van der Waals surface area contributed by atoms with Crippen molar-refractivity contribution in [2.24, 2.45) is 5.92 Å². The fraction of sp³-hybridized carbons (Fsp3) is 0.409. The summed E-state index contributed by atoms with van der Waals surface area (Å²) in [5.41, 5.74) is 4.71. The van der Waals surface area contributed by atoms with Gasteiger partial charge < -0.3 is 10.0 Å². The number of aromatic nitrogens is 3. The Balaban J connectivity index is 1.86. The molecule has 1 fully saturated rings. The van der Waals surface area contributed by atoms with E-state index in [1.54, 1.807) is 0 Å². The zero-order valence-corrected chi connectivity index (χ0v) is 17.5. The Bertz CT molecular complexity index is 1050. The first-order chi connectivity index (χ1) is 14.0. The molecule has 0 radical (unpaired) electrons. The van der Waals surface area contributed by atoms with Crippen LogP contribution in [-0.4, -0.2) is 38.8 Å². The number of carboxylic acid groups (broad SMARTS) is 1. The van der Waals surface area contributed by atoms with Crippen molar-refractivity contribution in [2.45, 2.75) is 39.5 Å². The molecule has 0 aliphatic carbocycles. The summed E-state index contributed by atoms with van der Waals surface area (Å²) < 4.78 is 1.90. The summed E-state index contributed by atoms with van der Waals surface area (Å²) in [7, 11) is 0. The third-order valence-electron chi connectivity index (χ3n) is 5.59. The Hall–Kier alpha value is -2.60. The second-order valence-corrected chi connectivity index (χ2v) is 8.12. The molecule has 1 saturated heterocycles. The number of halogens is 1. The monoisotopic (exact) mass is 412 g/mol. The van der Waals surface area contributed by atoms with Crippen LogP contribution in [0.3, 0.4) is 0 Å². The normalized spacial score (nSPS) is 17.1. The zero-order valence-electron chi connectivity index (χ0n) is 16.7. The maximum Gasteiger partial charge on any atom is 0.308 e. The number of hydrogen-bond acceptors (Lipinski definition) is 4. The fourth-order valence-corrected chi connectivity index (χ4v) is 4.26. The average Bonchev–Trinajstić information content (AvgIpc) is 3.12. The first kappa shape index (κ1) is 19.7. The second-order valence-electron chi connectivity index (χ2n) is 7.68. The maximum atomic E-state index is 11.6. The van der Waals surface area contributed by atoms with Crippen molar-refractivity contribution >= 4 is 29.0 Å². The van der Waals surface area contributed by atoms with Crippen LogP contribution in [0.4, 0.5) is 5.82 Å². The highest BCUT2D eigenvalue weighted by Crippen LogP contribution is 2.31. The molecule has 152 valence electrons. The minimum absolute atomic E-state index is 0.354. The number of carbonyl (C=O) groups is 1. The third kappa shape index (κ3) is 3.81. The molecule has 0 saturated carbocycles. The number of fused-ring (bicyclic) bond motifs is 1. The number of piperidine rings is 1. The highest BCUT2D eigenvalue weighted by atomic mass is 35.5. The van der Waals surface area contributed by atoms with Crippen LogP contribution < -0.4 is 4.90 Å². The minimum atomic E-state index is -0.726. The van der Waals surface area contributed by atoms with E-state index in [0.717, 1.165) is 66.2 Å². The van der Waals surface area contributed by atoms with E-state index in [4.69, 9.17) is 21.7 Å². The zero-order chi connectivity index (χ0) is 20.5. The lowest BCUT2D eigenvalue weighted by molar-refractivity contribution is -0.141. The highest BCUT2D eigenvalue weighted by molar-refractivity contribution is 6.30. The summed E-state index contributed by atoms with van der Waals surface area (Å²) in [6.07, 6.45) is 3.45. The van der Waals surface area contributed by atoms with Crippen molar-refractivity contribution < 1.29 is 9.90 Å². The Morgan fingerprint density at radius 3 is 2.76 bits per heavy atom. The van der Waals surface area contributed by atoms with Gasteiger partial charge in [-0.15, -0.1) is 0 Å². The van der Waals surface area contributed by atoms with Gasteiger partial charge in [-0.1, -0.05) is 37.1 Å². The number of carboxylic acids is 1. The lowest BCUT2D eigenvalue weighted by Crippen LogP contribution is -2.40. The third-order valence-corrected chi connectivity index (χ3v) is 5.84. The van der Waals surface area contributed by atoms with Gasteiger partial charge in [-0.25, -0.2) is 4.98 Å². The SMILES string of the molecule is CCCc1c(C)nc2cc(-c3ccc(Cl)cc3)nn2c1N1CCCC(C(=O)O)C1. The number of aliphatic carboxylic acids is 1. The Morgan fingerprint density at radius 1 is 1.31 bits per heavy atom. The predicted octanol–water partition coefficient (Wildman–Crippen LogP) is 4.61. The molecular formula is C22H25ClN4O2. The summed E-state index contributed by atoms with van der Waals surface area (Å²) in [6.45, 7) is 5.50. The van der Waals surface area contributed by atoms with E-state index in [2.05, 4.69) is 11.8 Å². The summed E-state index contributed by atoms with van der Waals surface area (Å²) in [5, 5.41) is 15.1. The van der Waals surface area contributed by atoms with Crippen molar-refractivity contribution in [3.05, 3.63) is 46.6 Å².